The lowest BCUT2D eigenvalue weighted by Gasteiger charge is -2.46. The topological polar surface area (TPSA) is 21.7 Å². The molecule has 3 saturated heterocycles. The molecule has 0 bridgehead atoms. The predicted molar refractivity (Wildman–Crippen MR) is 76.3 cm³/mol. The van der Waals surface area contributed by atoms with E-state index in [-0.39, 0.29) is 5.60 Å². The van der Waals surface area contributed by atoms with Gasteiger partial charge >= 0.3 is 0 Å². The number of nitrogens with zero attached hydrogens (tertiary/aromatic N) is 1. The average molecular weight is 267 g/mol. The Labute approximate surface area is 117 Å². The molecule has 3 rings (SSSR count). The van der Waals surface area contributed by atoms with E-state index < -0.39 is 0 Å². The number of ether oxygens (including phenoxy) is 2. The van der Waals surface area contributed by atoms with Gasteiger partial charge in [-0.2, -0.15) is 0 Å². The van der Waals surface area contributed by atoms with Crippen LogP contribution >= 0.6 is 0 Å². The van der Waals surface area contributed by atoms with E-state index >= 15 is 0 Å². The highest BCUT2D eigenvalue weighted by Gasteiger charge is 2.55. The van der Waals surface area contributed by atoms with Gasteiger partial charge in [0.2, 0.25) is 0 Å². The predicted octanol–water partition coefficient (Wildman–Crippen LogP) is 2.84. The lowest BCUT2D eigenvalue weighted by Crippen LogP contribution is -2.54. The van der Waals surface area contributed by atoms with Crippen molar-refractivity contribution in [3.05, 3.63) is 0 Å². The maximum absolute atomic E-state index is 6.15. The number of hydrogen-bond acceptors (Lipinski definition) is 3. The van der Waals surface area contributed by atoms with Crippen LogP contribution in [0, 0.1) is 5.41 Å². The first kappa shape index (κ1) is 13.8. The molecule has 19 heavy (non-hydrogen) atoms. The van der Waals surface area contributed by atoms with Crippen LogP contribution in [0.15, 0.2) is 0 Å². The number of rotatable bonds is 3. The summed E-state index contributed by atoms with van der Waals surface area (Å²) in [5.74, 6) is 0. The lowest BCUT2D eigenvalue weighted by atomic mass is 9.71. The molecule has 2 atom stereocenters. The monoisotopic (exact) mass is 267 g/mol. The Hall–Kier alpha value is -0.120. The number of fused-ring (bicyclic) bond motifs is 1. The fraction of sp³-hybridized carbons (Fsp3) is 1.00. The van der Waals surface area contributed by atoms with E-state index in [9.17, 15) is 0 Å². The van der Waals surface area contributed by atoms with Gasteiger partial charge in [-0.15, -0.1) is 0 Å². The molecule has 0 radical (unpaired) electrons. The highest BCUT2D eigenvalue weighted by Crippen LogP contribution is 2.52. The first-order valence-corrected chi connectivity index (χ1v) is 7.85. The van der Waals surface area contributed by atoms with E-state index in [4.69, 9.17) is 9.47 Å². The van der Waals surface area contributed by atoms with E-state index in [1.807, 2.05) is 0 Å². The van der Waals surface area contributed by atoms with Crippen LogP contribution in [0.4, 0.5) is 0 Å². The Bertz CT molecular complexity index is 345. The second-order valence-electron chi connectivity index (χ2n) is 8.02. The standard InChI is InChI=1S/C16H29NO2/c1-14(2,3)16-7-5-9-17(16)13(6-8-16)10-19-15(4)11-18-12-15/h13H,5-12H2,1-4H3. The Kier molecular flexibility index (Phi) is 3.23. The molecule has 0 amide bonds. The SMILES string of the molecule is CC1(OCC2CCC3(C(C)(C)C)CCCN23)COC1. The quantitative estimate of drug-likeness (QED) is 0.785. The first-order valence-electron chi connectivity index (χ1n) is 7.85. The molecule has 0 aromatic carbocycles. The van der Waals surface area contributed by atoms with Gasteiger partial charge in [0.05, 0.1) is 19.8 Å². The van der Waals surface area contributed by atoms with Crippen molar-refractivity contribution in [1.82, 2.24) is 4.90 Å². The minimum absolute atomic E-state index is 0.00724. The Balaban J connectivity index is 1.66. The maximum atomic E-state index is 6.15. The van der Waals surface area contributed by atoms with Crippen molar-refractivity contribution in [2.45, 2.75) is 70.6 Å². The molecule has 3 heteroatoms. The lowest BCUT2D eigenvalue weighted by molar-refractivity contribution is -0.205. The molecule has 0 N–H and O–H groups in total. The minimum atomic E-state index is -0.00724. The molecule has 0 spiro atoms. The second kappa shape index (κ2) is 4.44. The third-order valence-corrected chi connectivity index (χ3v) is 5.71. The summed E-state index contributed by atoms with van der Waals surface area (Å²) in [4.78, 5) is 2.77. The van der Waals surface area contributed by atoms with Crippen LogP contribution in [0.2, 0.25) is 0 Å². The summed E-state index contributed by atoms with van der Waals surface area (Å²) in [6.45, 7) is 13.1. The van der Waals surface area contributed by atoms with Crippen molar-refractivity contribution < 1.29 is 9.47 Å². The van der Waals surface area contributed by atoms with E-state index in [2.05, 4.69) is 32.6 Å². The molecular formula is C16H29NO2. The zero-order valence-corrected chi connectivity index (χ0v) is 13.0. The van der Waals surface area contributed by atoms with Crippen LogP contribution in [-0.4, -0.2) is 48.4 Å². The van der Waals surface area contributed by atoms with Gasteiger partial charge in [-0.3, -0.25) is 4.90 Å². The normalized spacial score (nSPS) is 38.2. The van der Waals surface area contributed by atoms with Gasteiger partial charge in [-0.05, 0) is 44.6 Å². The molecule has 0 aromatic rings. The second-order valence-corrected chi connectivity index (χ2v) is 8.02. The van der Waals surface area contributed by atoms with Crippen molar-refractivity contribution in [3.63, 3.8) is 0 Å². The molecule has 0 aromatic heterocycles. The zero-order chi connectivity index (χ0) is 13.7. The fourth-order valence-electron chi connectivity index (χ4n) is 4.39. The molecular weight excluding hydrogens is 238 g/mol. The third-order valence-electron chi connectivity index (χ3n) is 5.71. The Morgan fingerprint density at radius 3 is 2.58 bits per heavy atom. The average Bonchev–Trinajstić information content (AvgIpc) is 2.82. The van der Waals surface area contributed by atoms with Crippen molar-refractivity contribution in [1.29, 1.82) is 0 Å². The maximum Gasteiger partial charge on any atom is 0.112 e. The molecule has 2 unspecified atom stereocenters. The minimum Gasteiger partial charge on any atom is -0.375 e. The first-order chi connectivity index (χ1) is 8.86. The summed E-state index contributed by atoms with van der Waals surface area (Å²) < 4.78 is 11.4. The van der Waals surface area contributed by atoms with Gasteiger partial charge in [0.1, 0.15) is 5.60 Å². The smallest absolute Gasteiger partial charge is 0.112 e. The third kappa shape index (κ3) is 2.14. The molecule has 3 fully saturated rings. The molecule has 3 nitrogen and oxygen atoms in total. The highest BCUT2D eigenvalue weighted by atomic mass is 16.6. The molecule has 110 valence electrons. The van der Waals surface area contributed by atoms with E-state index in [1.54, 1.807) is 0 Å². The van der Waals surface area contributed by atoms with Gasteiger partial charge in [-0.1, -0.05) is 20.8 Å². The Morgan fingerprint density at radius 2 is 2.00 bits per heavy atom. The van der Waals surface area contributed by atoms with E-state index in [0.29, 0.717) is 17.0 Å². The summed E-state index contributed by atoms with van der Waals surface area (Å²) >= 11 is 0. The summed E-state index contributed by atoms with van der Waals surface area (Å²) in [6.07, 6.45) is 5.37. The van der Waals surface area contributed by atoms with Crippen molar-refractivity contribution >= 4 is 0 Å². The molecule has 0 saturated carbocycles. The van der Waals surface area contributed by atoms with Crippen molar-refractivity contribution in [2.75, 3.05) is 26.4 Å². The largest absolute Gasteiger partial charge is 0.375 e. The van der Waals surface area contributed by atoms with Gasteiger partial charge in [0, 0.05) is 11.6 Å². The summed E-state index contributed by atoms with van der Waals surface area (Å²) in [6, 6.07) is 0.624. The van der Waals surface area contributed by atoms with E-state index in [0.717, 1.165) is 19.8 Å². The van der Waals surface area contributed by atoms with Crippen molar-refractivity contribution in [2.24, 2.45) is 5.41 Å². The number of hydrogen-bond donors (Lipinski definition) is 0. The van der Waals surface area contributed by atoms with Crippen LogP contribution in [0.25, 0.3) is 0 Å². The van der Waals surface area contributed by atoms with Crippen LogP contribution in [0.5, 0.6) is 0 Å². The van der Waals surface area contributed by atoms with Gasteiger partial charge in [0.15, 0.2) is 0 Å². The van der Waals surface area contributed by atoms with Crippen LogP contribution in [0.1, 0.15) is 53.4 Å². The van der Waals surface area contributed by atoms with Gasteiger partial charge in [-0.25, -0.2) is 0 Å². The molecule has 0 aliphatic carbocycles. The summed E-state index contributed by atoms with van der Waals surface area (Å²) in [7, 11) is 0. The van der Waals surface area contributed by atoms with Gasteiger partial charge in [0.25, 0.3) is 0 Å². The van der Waals surface area contributed by atoms with Crippen LogP contribution in [0.3, 0.4) is 0 Å². The van der Waals surface area contributed by atoms with Crippen LogP contribution in [-0.2, 0) is 9.47 Å². The van der Waals surface area contributed by atoms with Gasteiger partial charge < -0.3 is 9.47 Å². The van der Waals surface area contributed by atoms with E-state index in [1.165, 1.54) is 32.2 Å². The Morgan fingerprint density at radius 1 is 1.26 bits per heavy atom. The fourth-order valence-corrected chi connectivity index (χ4v) is 4.39. The van der Waals surface area contributed by atoms with Crippen molar-refractivity contribution in [3.8, 4) is 0 Å². The van der Waals surface area contributed by atoms with Crippen LogP contribution < -0.4 is 0 Å². The molecule has 3 aliphatic heterocycles. The molecule has 3 aliphatic rings. The molecule has 3 heterocycles. The summed E-state index contributed by atoms with van der Waals surface area (Å²) in [5.41, 5.74) is 0.798. The highest BCUT2D eigenvalue weighted by molar-refractivity contribution is 5.10. The summed E-state index contributed by atoms with van der Waals surface area (Å²) in [5, 5.41) is 0. The zero-order valence-electron chi connectivity index (χ0n) is 13.0.